The van der Waals surface area contributed by atoms with Gasteiger partial charge in [0.25, 0.3) is 5.91 Å². The smallest absolute Gasteiger partial charge is 0.281 e. The Morgan fingerprint density at radius 3 is 2.62 bits per heavy atom. The molecule has 0 saturated heterocycles. The molecule has 168 valence electrons. The maximum absolute atomic E-state index is 13.1. The third-order valence-corrected chi connectivity index (χ3v) is 6.28. The number of nitrogens with zero attached hydrogens (tertiary/aromatic N) is 3. The van der Waals surface area contributed by atoms with Crippen LogP contribution in [0, 0.1) is 0 Å². The topological polar surface area (TPSA) is 105 Å². The predicted molar refractivity (Wildman–Crippen MR) is 117 cm³/mol. The van der Waals surface area contributed by atoms with E-state index in [1.54, 1.807) is 41.2 Å². The van der Waals surface area contributed by atoms with Crippen molar-refractivity contribution in [3.8, 4) is 17.4 Å². The van der Waals surface area contributed by atoms with E-state index in [1.165, 1.54) is 14.2 Å². The third-order valence-electron chi connectivity index (χ3n) is 5.14. The highest BCUT2D eigenvalue weighted by Crippen LogP contribution is 2.34. The molecule has 0 bridgehead atoms. The van der Waals surface area contributed by atoms with E-state index in [4.69, 9.17) is 14.2 Å². The molecule has 10 heteroatoms. The van der Waals surface area contributed by atoms with Gasteiger partial charge in [-0.1, -0.05) is 6.07 Å². The second-order valence-electron chi connectivity index (χ2n) is 7.23. The zero-order valence-corrected chi connectivity index (χ0v) is 18.6. The SMILES string of the molecule is COc1cccc(OC2CCC2)c1S(=O)NC(=O)c1ccc(Cn2cccn2)c(OC)n1. The number of carbonyl (C=O) groups excluding carboxylic acids is 1. The zero-order chi connectivity index (χ0) is 22.5. The van der Waals surface area contributed by atoms with Crippen molar-refractivity contribution in [2.75, 3.05) is 14.2 Å². The number of aromatic nitrogens is 3. The van der Waals surface area contributed by atoms with Crippen LogP contribution in [0.3, 0.4) is 0 Å². The Morgan fingerprint density at radius 2 is 1.97 bits per heavy atom. The Labute approximate surface area is 188 Å². The summed E-state index contributed by atoms with van der Waals surface area (Å²) in [4.78, 5) is 17.4. The summed E-state index contributed by atoms with van der Waals surface area (Å²) < 4.78 is 34.0. The van der Waals surface area contributed by atoms with Gasteiger partial charge in [-0.3, -0.25) is 14.2 Å². The van der Waals surface area contributed by atoms with Crippen molar-refractivity contribution in [3.05, 3.63) is 60.0 Å². The second-order valence-corrected chi connectivity index (χ2v) is 8.38. The van der Waals surface area contributed by atoms with Crippen molar-refractivity contribution in [2.45, 2.75) is 36.8 Å². The minimum atomic E-state index is -1.92. The van der Waals surface area contributed by atoms with Crippen molar-refractivity contribution in [1.82, 2.24) is 19.5 Å². The molecule has 3 aromatic rings. The molecule has 1 saturated carbocycles. The average Bonchev–Trinajstić information content (AvgIpc) is 3.29. The van der Waals surface area contributed by atoms with E-state index in [2.05, 4.69) is 14.8 Å². The lowest BCUT2D eigenvalue weighted by atomic mass is 9.96. The van der Waals surface area contributed by atoms with Crippen LogP contribution >= 0.6 is 0 Å². The lowest BCUT2D eigenvalue weighted by Crippen LogP contribution is -2.29. The van der Waals surface area contributed by atoms with Crippen LogP contribution in [0.15, 0.2) is 53.7 Å². The van der Waals surface area contributed by atoms with Crippen LogP contribution in [0.4, 0.5) is 0 Å². The molecule has 1 aromatic carbocycles. The fourth-order valence-electron chi connectivity index (χ4n) is 3.25. The summed E-state index contributed by atoms with van der Waals surface area (Å²) in [7, 11) is 1.05. The maximum atomic E-state index is 13.1. The first-order chi connectivity index (χ1) is 15.6. The predicted octanol–water partition coefficient (Wildman–Crippen LogP) is 2.73. The number of rotatable bonds is 9. The molecule has 2 aromatic heterocycles. The highest BCUT2D eigenvalue weighted by molar-refractivity contribution is 7.84. The summed E-state index contributed by atoms with van der Waals surface area (Å²) in [5, 5.41) is 4.16. The van der Waals surface area contributed by atoms with Gasteiger partial charge in [-0.25, -0.2) is 9.19 Å². The first-order valence-electron chi connectivity index (χ1n) is 10.2. The lowest BCUT2D eigenvalue weighted by molar-refractivity contribution is 0.0977. The number of benzene rings is 1. The molecule has 1 aliphatic carbocycles. The van der Waals surface area contributed by atoms with Crippen LogP contribution in [0.25, 0.3) is 0 Å². The number of methoxy groups -OCH3 is 2. The van der Waals surface area contributed by atoms with Gasteiger partial charge in [-0.05, 0) is 49.6 Å². The number of pyridine rings is 1. The number of hydrogen-bond donors (Lipinski definition) is 1. The summed E-state index contributed by atoms with van der Waals surface area (Å²) in [5.41, 5.74) is 0.838. The van der Waals surface area contributed by atoms with Gasteiger partial charge in [-0.15, -0.1) is 0 Å². The molecule has 1 N–H and O–H groups in total. The van der Waals surface area contributed by atoms with Crippen LogP contribution in [0.2, 0.25) is 0 Å². The summed E-state index contributed by atoms with van der Waals surface area (Å²) in [5.74, 6) is 0.506. The standard InChI is InChI=1S/C22H24N4O5S/c1-29-18-8-4-9-19(31-16-6-3-7-16)20(18)32(28)25-21(27)17-11-10-15(22(24-17)30-2)14-26-13-5-12-23-26/h4-5,8-13,16H,3,6-7,14H2,1-2H3,(H,25,27). The van der Waals surface area contributed by atoms with Crippen LogP contribution in [0.1, 0.15) is 35.3 Å². The summed E-state index contributed by atoms with van der Waals surface area (Å²) >= 11 is 0. The van der Waals surface area contributed by atoms with E-state index in [0.29, 0.717) is 23.9 Å². The number of hydrogen-bond acceptors (Lipinski definition) is 7. The van der Waals surface area contributed by atoms with Gasteiger partial charge in [0.05, 0.1) is 26.9 Å². The molecule has 1 atom stereocenters. The van der Waals surface area contributed by atoms with E-state index in [1.807, 2.05) is 12.3 Å². The van der Waals surface area contributed by atoms with E-state index < -0.39 is 16.9 Å². The minimum absolute atomic E-state index is 0.0794. The normalized spacial score (nSPS) is 14.3. The second kappa shape index (κ2) is 9.82. The van der Waals surface area contributed by atoms with Crippen LogP contribution < -0.4 is 18.9 Å². The molecular formula is C22H24N4O5S. The monoisotopic (exact) mass is 456 g/mol. The van der Waals surface area contributed by atoms with Gasteiger partial charge in [0.1, 0.15) is 22.1 Å². The number of ether oxygens (including phenoxy) is 3. The Hall–Kier alpha value is -3.40. The van der Waals surface area contributed by atoms with Crippen molar-refractivity contribution in [2.24, 2.45) is 0 Å². The molecule has 32 heavy (non-hydrogen) atoms. The van der Waals surface area contributed by atoms with Gasteiger partial charge in [-0.2, -0.15) is 5.10 Å². The Kier molecular flexibility index (Phi) is 6.69. The number of carbonyl (C=O) groups is 1. The van der Waals surface area contributed by atoms with Gasteiger partial charge in [0.15, 0.2) is 11.0 Å². The summed E-state index contributed by atoms with van der Waals surface area (Å²) in [6, 6.07) is 10.3. The third kappa shape index (κ3) is 4.75. The molecule has 0 spiro atoms. The van der Waals surface area contributed by atoms with Gasteiger partial charge in [0.2, 0.25) is 5.88 Å². The summed E-state index contributed by atoms with van der Waals surface area (Å²) in [6.45, 7) is 0.445. The van der Waals surface area contributed by atoms with Crippen molar-refractivity contribution < 1.29 is 23.2 Å². The minimum Gasteiger partial charge on any atom is -0.495 e. The fraction of sp³-hybridized carbons (Fsp3) is 0.318. The summed E-state index contributed by atoms with van der Waals surface area (Å²) in [6.07, 6.45) is 6.58. The van der Waals surface area contributed by atoms with E-state index >= 15 is 0 Å². The molecule has 1 unspecified atom stereocenters. The van der Waals surface area contributed by atoms with Crippen LogP contribution in [-0.4, -0.2) is 45.2 Å². The Bertz CT molecular complexity index is 1120. The lowest BCUT2D eigenvalue weighted by Gasteiger charge is -2.27. The quantitative estimate of drug-likeness (QED) is 0.528. The van der Waals surface area contributed by atoms with Gasteiger partial charge >= 0.3 is 0 Å². The number of amides is 1. The maximum Gasteiger partial charge on any atom is 0.281 e. The van der Waals surface area contributed by atoms with Crippen molar-refractivity contribution >= 4 is 16.9 Å². The molecule has 2 heterocycles. The molecule has 0 aliphatic heterocycles. The van der Waals surface area contributed by atoms with Crippen molar-refractivity contribution in [3.63, 3.8) is 0 Å². The molecule has 1 aliphatic rings. The highest BCUT2D eigenvalue weighted by atomic mass is 32.2. The molecule has 4 rings (SSSR count). The van der Waals surface area contributed by atoms with E-state index in [9.17, 15) is 9.00 Å². The highest BCUT2D eigenvalue weighted by Gasteiger charge is 2.25. The van der Waals surface area contributed by atoms with Gasteiger partial charge < -0.3 is 14.2 Å². The van der Waals surface area contributed by atoms with Crippen LogP contribution in [0.5, 0.6) is 17.4 Å². The molecule has 9 nitrogen and oxygen atoms in total. The molecular weight excluding hydrogens is 432 g/mol. The fourth-order valence-corrected chi connectivity index (χ4v) is 4.26. The Morgan fingerprint density at radius 1 is 1.16 bits per heavy atom. The average molecular weight is 457 g/mol. The first kappa shape index (κ1) is 21.8. The van der Waals surface area contributed by atoms with Crippen molar-refractivity contribution in [1.29, 1.82) is 0 Å². The van der Waals surface area contributed by atoms with Crippen LogP contribution in [-0.2, 0) is 17.5 Å². The molecule has 1 amide bonds. The van der Waals surface area contributed by atoms with E-state index in [0.717, 1.165) is 24.8 Å². The number of nitrogens with one attached hydrogen (secondary N) is 1. The molecule has 0 radical (unpaired) electrons. The van der Waals surface area contributed by atoms with E-state index in [-0.39, 0.29) is 16.7 Å². The molecule has 1 fully saturated rings. The largest absolute Gasteiger partial charge is 0.495 e. The van der Waals surface area contributed by atoms with Gasteiger partial charge in [0, 0.05) is 18.0 Å². The first-order valence-corrected chi connectivity index (χ1v) is 11.3. The Balaban J connectivity index is 1.53. The zero-order valence-electron chi connectivity index (χ0n) is 17.8.